The lowest BCUT2D eigenvalue weighted by Crippen LogP contribution is -2.53. The summed E-state index contributed by atoms with van der Waals surface area (Å²) in [5.41, 5.74) is 0. The SMILES string of the molecule is CCCCN(C(=NC#N)N(C(C)C)C(C)C)C(C)C. The van der Waals surface area contributed by atoms with Gasteiger partial charge in [-0.25, -0.2) is 0 Å². The number of guanidine groups is 1. The van der Waals surface area contributed by atoms with E-state index in [1.165, 1.54) is 0 Å². The molecule has 0 rings (SSSR count). The highest BCUT2D eigenvalue weighted by Gasteiger charge is 2.25. The Morgan fingerprint density at radius 1 is 1.05 bits per heavy atom. The van der Waals surface area contributed by atoms with Gasteiger partial charge in [-0.3, -0.25) is 0 Å². The Morgan fingerprint density at radius 2 is 1.58 bits per heavy atom. The normalized spacial score (nSPS) is 12.2. The summed E-state index contributed by atoms with van der Waals surface area (Å²) in [6.07, 6.45) is 4.24. The van der Waals surface area contributed by atoms with Gasteiger partial charge in [-0.15, -0.1) is 4.99 Å². The standard InChI is InChI=1S/C15H30N4/c1-8-9-10-18(12(2)3)15(17-11-16)19(13(4)5)14(6)7/h12-14H,8-10H2,1-7H3. The summed E-state index contributed by atoms with van der Waals surface area (Å²) >= 11 is 0. The maximum absolute atomic E-state index is 9.01. The van der Waals surface area contributed by atoms with Gasteiger partial charge in [-0.1, -0.05) is 13.3 Å². The third-order valence-corrected chi connectivity index (χ3v) is 3.13. The van der Waals surface area contributed by atoms with Crippen LogP contribution in [0.4, 0.5) is 0 Å². The van der Waals surface area contributed by atoms with Gasteiger partial charge in [0.05, 0.1) is 0 Å². The highest BCUT2D eigenvalue weighted by atomic mass is 15.4. The van der Waals surface area contributed by atoms with Crippen LogP contribution in [-0.4, -0.2) is 40.4 Å². The summed E-state index contributed by atoms with van der Waals surface area (Å²) in [6.45, 7) is 16.0. The average Bonchev–Trinajstić information content (AvgIpc) is 2.28. The second-order valence-corrected chi connectivity index (χ2v) is 5.75. The van der Waals surface area contributed by atoms with Gasteiger partial charge in [-0.05, 0) is 48.0 Å². The molecule has 0 N–H and O–H groups in total. The first-order valence-electron chi connectivity index (χ1n) is 7.38. The van der Waals surface area contributed by atoms with E-state index in [4.69, 9.17) is 5.26 Å². The van der Waals surface area contributed by atoms with Crippen LogP contribution in [-0.2, 0) is 0 Å². The summed E-state index contributed by atoms with van der Waals surface area (Å²) in [4.78, 5) is 8.58. The van der Waals surface area contributed by atoms with Crippen LogP contribution in [0.1, 0.15) is 61.3 Å². The van der Waals surface area contributed by atoms with Crippen molar-refractivity contribution in [3.05, 3.63) is 0 Å². The van der Waals surface area contributed by atoms with Crippen molar-refractivity contribution < 1.29 is 0 Å². The maximum atomic E-state index is 9.01. The van der Waals surface area contributed by atoms with Crippen LogP contribution < -0.4 is 0 Å². The Kier molecular flexibility index (Phi) is 8.22. The summed E-state index contributed by atoms with van der Waals surface area (Å²) in [6, 6.07) is 1.00. The van der Waals surface area contributed by atoms with E-state index in [9.17, 15) is 0 Å². The monoisotopic (exact) mass is 266 g/mol. The lowest BCUT2D eigenvalue weighted by Gasteiger charge is -2.40. The minimum absolute atomic E-state index is 0.329. The maximum Gasteiger partial charge on any atom is 0.213 e. The van der Waals surface area contributed by atoms with Crippen LogP contribution in [0.15, 0.2) is 4.99 Å². The second kappa shape index (κ2) is 8.79. The molecule has 4 nitrogen and oxygen atoms in total. The molecule has 0 spiro atoms. The molecule has 0 radical (unpaired) electrons. The first-order chi connectivity index (χ1) is 8.86. The molecular formula is C15H30N4. The summed E-state index contributed by atoms with van der Waals surface area (Å²) in [5.74, 6) is 0.816. The second-order valence-electron chi connectivity index (χ2n) is 5.75. The quantitative estimate of drug-likeness (QED) is 0.420. The fraction of sp³-hybridized carbons (Fsp3) is 0.867. The molecule has 0 aromatic rings. The largest absolute Gasteiger partial charge is 0.339 e. The molecule has 0 amide bonds. The lowest BCUT2D eigenvalue weighted by molar-refractivity contribution is 0.221. The minimum atomic E-state index is 0.329. The molecule has 0 aliphatic heterocycles. The first-order valence-corrected chi connectivity index (χ1v) is 7.38. The average molecular weight is 266 g/mol. The molecule has 0 aliphatic carbocycles. The highest BCUT2D eigenvalue weighted by Crippen LogP contribution is 2.13. The van der Waals surface area contributed by atoms with Crippen molar-refractivity contribution in [2.24, 2.45) is 4.99 Å². The number of hydrogen-bond acceptors (Lipinski definition) is 2. The van der Waals surface area contributed by atoms with Crippen molar-refractivity contribution in [1.29, 1.82) is 5.26 Å². The molecular weight excluding hydrogens is 236 g/mol. The van der Waals surface area contributed by atoms with Crippen molar-refractivity contribution in [2.75, 3.05) is 6.54 Å². The summed E-state index contributed by atoms with van der Waals surface area (Å²) in [7, 11) is 0. The van der Waals surface area contributed by atoms with E-state index in [2.05, 4.69) is 63.3 Å². The molecule has 0 fully saturated rings. The number of unbranched alkanes of at least 4 members (excludes halogenated alkanes) is 1. The van der Waals surface area contributed by atoms with Gasteiger partial charge >= 0.3 is 0 Å². The Balaban J connectivity index is 5.35. The molecule has 0 saturated heterocycles. The van der Waals surface area contributed by atoms with Crippen LogP contribution in [0.5, 0.6) is 0 Å². The zero-order chi connectivity index (χ0) is 15.0. The molecule has 0 atom stereocenters. The molecule has 0 aromatic heterocycles. The van der Waals surface area contributed by atoms with E-state index in [1.807, 2.05) is 6.19 Å². The van der Waals surface area contributed by atoms with Gasteiger partial charge in [0.1, 0.15) is 0 Å². The van der Waals surface area contributed by atoms with Crippen LogP contribution in [0, 0.1) is 11.5 Å². The lowest BCUT2D eigenvalue weighted by atomic mass is 10.2. The van der Waals surface area contributed by atoms with Crippen molar-refractivity contribution in [2.45, 2.75) is 79.4 Å². The number of aliphatic imine (C=N–C) groups is 1. The van der Waals surface area contributed by atoms with Crippen LogP contribution in [0.2, 0.25) is 0 Å². The molecule has 0 aliphatic rings. The zero-order valence-electron chi connectivity index (χ0n) is 13.6. The van der Waals surface area contributed by atoms with Crippen LogP contribution in [0.25, 0.3) is 0 Å². The minimum Gasteiger partial charge on any atom is -0.339 e. The van der Waals surface area contributed by atoms with Crippen molar-refractivity contribution in [1.82, 2.24) is 9.80 Å². The van der Waals surface area contributed by atoms with Crippen molar-refractivity contribution in [3.63, 3.8) is 0 Å². The third kappa shape index (κ3) is 5.50. The Bertz CT molecular complexity index is 305. The van der Waals surface area contributed by atoms with Crippen molar-refractivity contribution in [3.8, 4) is 6.19 Å². The fourth-order valence-corrected chi connectivity index (χ4v) is 2.29. The van der Waals surface area contributed by atoms with Gasteiger partial charge in [0.15, 0.2) is 0 Å². The molecule has 0 bridgehead atoms. The van der Waals surface area contributed by atoms with Gasteiger partial charge in [-0.2, -0.15) is 5.26 Å². The predicted molar refractivity (Wildman–Crippen MR) is 81.9 cm³/mol. The Morgan fingerprint density at radius 3 is 1.89 bits per heavy atom. The van der Waals surface area contributed by atoms with Crippen molar-refractivity contribution >= 4 is 5.96 Å². The van der Waals surface area contributed by atoms with Crippen LogP contribution >= 0.6 is 0 Å². The predicted octanol–water partition coefficient (Wildman–Crippen LogP) is 3.45. The molecule has 0 aromatic carbocycles. The number of rotatable bonds is 6. The third-order valence-electron chi connectivity index (χ3n) is 3.13. The molecule has 0 heterocycles. The number of hydrogen-bond donors (Lipinski definition) is 0. The number of nitrogens with zero attached hydrogens (tertiary/aromatic N) is 4. The molecule has 4 heteroatoms. The fourth-order valence-electron chi connectivity index (χ4n) is 2.29. The van der Waals surface area contributed by atoms with Crippen LogP contribution in [0.3, 0.4) is 0 Å². The Labute approximate surface area is 119 Å². The molecule has 0 unspecified atom stereocenters. The molecule has 110 valence electrons. The summed E-state index contributed by atoms with van der Waals surface area (Å²) in [5, 5.41) is 9.01. The number of nitriles is 1. The van der Waals surface area contributed by atoms with Gasteiger partial charge in [0, 0.05) is 24.7 Å². The van der Waals surface area contributed by atoms with E-state index in [1.54, 1.807) is 0 Å². The van der Waals surface area contributed by atoms with Gasteiger partial charge in [0.2, 0.25) is 12.2 Å². The van der Waals surface area contributed by atoms with E-state index in [0.717, 1.165) is 25.3 Å². The summed E-state index contributed by atoms with van der Waals surface area (Å²) < 4.78 is 0. The van der Waals surface area contributed by atoms with E-state index in [-0.39, 0.29) is 0 Å². The van der Waals surface area contributed by atoms with E-state index >= 15 is 0 Å². The van der Waals surface area contributed by atoms with Gasteiger partial charge < -0.3 is 9.80 Å². The molecule has 0 saturated carbocycles. The Hall–Kier alpha value is -1.24. The smallest absolute Gasteiger partial charge is 0.213 e. The highest BCUT2D eigenvalue weighted by molar-refractivity contribution is 5.81. The topological polar surface area (TPSA) is 42.6 Å². The zero-order valence-corrected chi connectivity index (χ0v) is 13.6. The molecule has 19 heavy (non-hydrogen) atoms. The van der Waals surface area contributed by atoms with E-state index < -0.39 is 0 Å². The van der Waals surface area contributed by atoms with E-state index in [0.29, 0.717) is 18.1 Å². The first kappa shape index (κ1) is 17.8. The van der Waals surface area contributed by atoms with Gasteiger partial charge in [0.25, 0.3) is 0 Å².